The van der Waals surface area contributed by atoms with Crippen LogP contribution in [0.3, 0.4) is 0 Å². The normalized spacial score (nSPS) is 10.9. The zero-order valence-corrected chi connectivity index (χ0v) is 16.9. The zero-order valence-electron chi connectivity index (χ0n) is 15.3. The predicted molar refractivity (Wildman–Crippen MR) is 115 cm³/mol. The molecule has 5 nitrogen and oxygen atoms in total. The van der Waals surface area contributed by atoms with Gasteiger partial charge in [0.25, 0.3) is 0 Å². The Kier molecular flexibility index (Phi) is 4.99. The molecule has 1 amide bonds. The Bertz CT molecular complexity index is 1260. The van der Waals surface area contributed by atoms with E-state index in [0.29, 0.717) is 15.7 Å². The van der Waals surface area contributed by atoms with Crippen LogP contribution in [0.4, 0.5) is 5.13 Å². The number of benzene rings is 2. The number of aryl methyl sites for hydroxylation is 2. The van der Waals surface area contributed by atoms with Crippen molar-refractivity contribution in [3.05, 3.63) is 59.2 Å². The van der Waals surface area contributed by atoms with Crippen LogP contribution >= 0.6 is 23.1 Å². The Hall–Kier alpha value is -2.95. The third-order valence-corrected chi connectivity index (χ3v) is 6.13. The lowest BCUT2D eigenvalue weighted by Crippen LogP contribution is -2.14. The molecule has 2 aromatic heterocycles. The topological polar surface area (TPSA) is 78.7 Å². The highest BCUT2D eigenvalue weighted by Gasteiger charge is 2.12. The highest BCUT2D eigenvalue weighted by molar-refractivity contribution is 8.00. The molecule has 4 rings (SSSR count). The summed E-state index contributed by atoms with van der Waals surface area (Å²) in [4.78, 5) is 21.4. The fourth-order valence-corrected chi connectivity index (χ4v) is 4.46. The fraction of sp³-hybridized carbons (Fsp3) is 0.143. The lowest BCUT2D eigenvalue weighted by atomic mass is 10.1. The first-order valence-corrected chi connectivity index (χ1v) is 10.4. The van der Waals surface area contributed by atoms with Crippen LogP contribution in [-0.2, 0) is 4.79 Å². The molecule has 0 aliphatic rings. The molecule has 7 heteroatoms. The molecule has 0 saturated carbocycles. The summed E-state index contributed by atoms with van der Waals surface area (Å²) in [6.45, 7) is 4.01. The number of thiazole rings is 1. The minimum atomic E-state index is -0.171. The number of hydrogen-bond acceptors (Lipinski definition) is 6. The Morgan fingerprint density at radius 2 is 1.86 bits per heavy atom. The van der Waals surface area contributed by atoms with E-state index < -0.39 is 0 Å². The van der Waals surface area contributed by atoms with Crippen LogP contribution in [-0.4, -0.2) is 21.6 Å². The third-order valence-electron chi connectivity index (χ3n) is 4.19. The van der Waals surface area contributed by atoms with Gasteiger partial charge in [0.05, 0.1) is 27.0 Å². The SMILES string of the molecule is Cc1ccc2cc(C#N)c(SCC(=O)Nc3nc4cc(C)ccc4s3)nc2c1. The largest absolute Gasteiger partial charge is 0.301 e. The molecular weight excluding hydrogens is 388 g/mol. The van der Waals surface area contributed by atoms with Gasteiger partial charge in [-0.2, -0.15) is 5.26 Å². The van der Waals surface area contributed by atoms with Crippen molar-refractivity contribution in [3.8, 4) is 6.07 Å². The second-order valence-corrected chi connectivity index (χ2v) is 8.47. The highest BCUT2D eigenvalue weighted by atomic mass is 32.2. The number of thioether (sulfide) groups is 1. The minimum absolute atomic E-state index is 0.161. The van der Waals surface area contributed by atoms with E-state index >= 15 is 0 Å². The summed E-state index contributed by atoms with van der Waals surface area (Å²) in [6.07, 6.45) is 0. The first kappa shape index (κ1) is 18.4. The van der Waals surface area contributed by atoms with Crippen molar-refractivity contribution < 1.29 is 4.79 Å². The molecule has 0 spiro atoms. The maximum atomic E-state index is 12.4. The maximum Gasteiger partial charge on any atom is 0.236 e. The molecule has 138 valence electrons. The summed E-state index contributed by atoms with van der Waals surface area (Å²) in [7, 11) is 0. The van der Waals surface area contributed by atoms with Gasteiger partial charge in [0.2, 0.25) is 5.91 Å². The van der Waals surface area contributed by atoms with Crippen molar-refractivity contribution in [1.29, 1.82) is 5.26 Å². The third kappa shape index (κ3) is 3.84. The van der Waals surface area contributed by atoms with Crippen molar-refractivity contribution in [1.82, 2.24) is 9.97 Å². The molecule has 0 saturated heterocycles. The quantitative estimate of drug-likeness (QED) is 0.481. The van der Waals surface area contributed by atoms with Gasteiger partial charge in [0, 0.05) is 5.39 Å². The van der Waals surface area contributed by atoms with Gasteiger partial charge in [-0.15, -0.1) is 0 Å². The first-order chi connectivity index (χ1) is 13.5. The van der Waals surface area contributed by atoms with Crippen molar-refractivity contribution in [2.45, 2.75) is 18.9 Å². The van der Waals surface area contributed by atoms with Gasteiger partial charge in [0.1, 0.15) is 11.1 Å². The molecule has 1 N–H and O–H groups in total. The first-order valence-electron chi connectivity index (χ1n) is 8.63. The number of nitrogens with zero attached hydrogens (tertiary/aromatic N) is 3. The average molecular weight is 405 g/mol. The lowest BCUT2D eigenvalue weighted by molar-refractivity contribution is -0.113. The summed E-state index contributed by atoms with van der Waals surface area (Å²) in [5.74, 6) is -0.00988. The molecule has 2 heterocycles. The number of carbonyl (C=O) groups is 1. The molecule has 0 aliphatic carbocycles. The predicted octanol–water partition coefficient (Wildman–Crippen LogP) is 5.06. The maximum absolute atomic E-state index is 12.4. The van der Waals surface area contributed by atoms with Crippen LogP contribution in [0.15, 0.2) is 47.5 Å². The number of amides is 1. The number of hydrogen-bond donors (Lipinski definition) is 1. The van der Waals surface area contributed by atoms with Crippen molar-refractivity contribution >= 4 is 55.3 Å². The van der Waals surface area contributed by atoms with Crippen LogP contribution in [0, 0.1) is 25.2 Å². The number of nitriles is 1. The number of fused-ring (bicyclic) bond motifs is 2. The molecule has 2 aromatic carbocycles. The van der Waals surface area contributed by atoms with E-state index in [9.17, 15) is 10.1 Å². The molecule has 0 fully saturated rings. The van der Waals surface area contributed by atoms with Gasteiger partial charge in [-0.1, -0.05) is 41.3 Å². The number of aromatic nitrogens is 2. The van der Waals surface area contributed by atoms with Crippen molar-refractivity contribution in [2.75, 3.05) is 11.1 Å². The van der Waals surface area contributed by atoms with Gasteiger partial charge < -0.3 is 5.32 Å². The molecule has 0 unspecified atom stereocenters. The number of carbonyl (C=O) groups excluding carboxylic acids is 1. The van der Waals surface area contributed by atoms with E-state index in [4.69, 9.17) is 0 Å². The molecule has 0 radical (unpaired) electrons. The van der Waals surface area contributed by atoms with Gasteiger partial charge >= 0.3 is 0 Å². The number of rotatable bonds is 4. The van der Waals surface area contributed by atoms with Crippen molar-refractivity contribution in [3.63, 3.8) is 0 Å². The van der Waals surface area contributed by atoms with Crippen molar-refractivity contribution in [2.24, 2.45) is 0 Å². The van der Waals surface area contributed by atoms with Gasteiger partial charge in [-0.25, -0.2) is 9.97 Å². The smallest absolute Gasteiger partial charge is 0.236 e. The van der Waals surface area contributed by atoms with E-state index in [2.05, 4.69) is 21.4 Å². The Morgan fingerprint density at radius 1 is 1.11 bits per heavy atom. The number of anilines is 1. The minimum Gasteiger partial charge on any atom is -0.301 e. The second-order valence-electron chi connectivity index (χ2n) is 6.48. The van der Waals surface area contributed by atoms with Crippen LogP contribution < -0.4 is 5.32 Å². The van der Waals surface area contributed by atoms with Crippen LogP contribution in [0.1, 0.15) is 16.7 Å². The molecule has 0 aliphatic heterocycles. The van der Waals surface area contributed by atoms with E-state index in [-0.39, 0.29) is 11.7 Å². The molecule has 4 aromatic rings. The monoisotopic (exact) mass is 404 g/mol. The summed E-state index contributed by atoms with van der Waals surface area (Å²) >= 11 is 2.71. The second kappa shape index (κ2) is 7.58. The fourth-order valence-electron chi connectivity index (χ4n) is 2.83. The average Bonchev–Trinajstić information content (AvgIpc) is 3.06. The zero-order chi connectivity index (χ0) is 19.7. The Balaban J connectivity index is 1.50. The standard InChI is InChI=1S/C21H16N4OS2/c1-12-3-5-14-9-15(10-22)20(23-16(14)7-12)27-11-19(26)25-21-24-17-8-13(2)4-6-18(17)28-21/h3-9H,11H2,1-2H3,(H,24,25,26). The number of nitrogens with one attached hydrogen (secondary N) is 1. The van der Waals surface area contributed by atoms with Gasteiger partial charge in [0.15, 0.2) is 5.13 Å². The molecule has 28 heavy (non-hydrogen) atoms. The van der Waals surface area contributed by atoms with Crippen LogP contribution in [0.25, 0.3) is 21.1 Å². The molecular formula is C21H16N4OS2. The van der Waals surface area contributed by atoms with Crippen LogP contribution in [0.2, 0.25) is 0 Å². The summed E-state index contributed by atoms with van der Waals surface area (Å²) in [5.41, 5.74) is 4.41. The van der Waals surface area contributed by atoms with E-state index in [0.717, 1.165) is 32.2 Å². The molecule has 0 atom stereocenters. The van der Waals surface area contributed by atoms with Gasteiger partial charge in [-0.3, -0.25) is 4.79 Å². The Labute approximate surface area is 170 Å². The summed E-state index contributed by atoms with van der Waals surface area (Å²) in [6, 6.07) is 15.9. The Morgan fingerprint density at radius 3 is 2.64 bits per heavy atom. The van der Waals surface area contributed by atoms with Crippen LogP contribution in [0.5, 0.6) is 0 Å². The lowest BCUT2D eigenvalue weighted by Gasteiger charge is -2.06. The highest BCUT2D eigenvalue weighted by Crippen LogP contribution is 2.28. The number of pyridine rings is 1. The van der Waals surface area contributed by atoms with E-state index in [1.165, 1.54) is 23.1 Å². The van der Waals surface area contributed by atoms with Gasteiger partial charge in [-0.05, 0) is 49.2 Å². The molecule has 0 bridgehead atoms. The summed E-state index contributed by atoms with van der Waals surface area (Å²) in [5, 5.41) is 14.3. The van der Waals surface area contributed by atoms with E-state index in [1.54, 1.807) is 0 Å². The summed E-state index contributed by atoms with van der Waals surface area (Å²) < 4.78 is 1.03. The van der Waals surface area contributed by atoms with E-state index in [1.807, 2.05) is 56.3 Å².